The molecule has 1 N–H and O–H groups in total. The number of nitrogens with one attached hydrogen (secondary N) is 1. The lowest BCUT2D eigenvalue weighted by atomic mass is 10.2. The highest BCUT2D eigenvalue weighted by Crippen LogP contribution is 2.12. The quantitative estimate of drug-likeness (QED) is 0.829. The summed E-state index contributed by atoms with van der Waals surface area (Å²) in [7, 11) is 1.95. The van der Waals surface area contributed by atoms with E-state index in [2.05, 4.69) is 33.9 Å². The number of nitrogens with zero attached hydrogens (tertiary/aromatic N) is 2. The van der Waals surface area contributed by atoms with Gasteiger partial charge in [-0.1, -0.05) is 19.1 Å². The number of aromatic nitrogens is 2. The molecule has 2 rings (SSSR count). The number of hydrogen-bond acceptors (Lipinski definition) is 3. The van der Waals surface area contributed by atoms with Crippen LogP contribution >= 0.6 is 0 Å². The fourth-order valence-electron chi connectivity index (χ4n) is 2.03. The molecule has 0 atom stereocenters. The Morgan fingerprint density at radius 2 is 2.05 bits per heavy atom. The molecule has 1 aromatic carbocycles. The first-order chi connectivity index (χ1) is 9.33. The predicted octanol–water partition coefficient (Wildman–Crippen LogP) is 2.24. The molecule has 1 heterocycles. The first-order valence-electron chi connectivity index (χ1n) is 6.70. The monoisotopic (exact) mass is 259 g/mol. The molecule has 0 spiro atoms. The maximum absolute atomic E-state index is 5.74. The van der Waals surface area contributed by atoms with Crippen molar-refractivity contribution in [3.8, 4) is 5.75 Å². The van der Waals surface area contributed by atoms with Gasteiger partial charge in [-0.3, -0.25) is 0 Å². The zero-order chi connectivity index (χ0) is 13.5. The first kappa shape index (κ1) is 13.6. The van der Waals surface area contributed by atoms with Gasteiger partial charge in [-0.2, -0.15) is 0 Å². The summed E-state index contributed by atoms with van der Waals surface area (Å²) in [5.74, 6) is 2.02. The minimum absolute atomic E-state index is 0.661. The van der Waals surface area contributed by atoms with Crippen LogP contribution in [-0.4, -0.2) is 23.2 Å². The molecule has 4 nitrogen and oxygen atoms in total. The summed E-state index contributed by atoms with van der Waals surface area (Å²) in [6.07, 6.45) is 4.79. The summed E-state index contributed by atoms with van der Waals surface area (Å²) in [5.41, 5.74) is 1.26. The molecule has 0 amide bonds. The molecule has 102 valence electrons. The fraction of sp³-hybridized carbons (Fsp3) is 0.400. The zero-order valence-electron chi connectivity index (χ0n) is 11.6. The number of benzene rings is 1. The van der Waals surface area contributed by atoms with Gasteiger partial charge in [-0.15, -0.1) is 0 Å². The second-order valence-corrected chi connectivity index (χ2v) is 4.41. The summed E-state index contributed by atoms with van der Waals surface area (Å²) in [5, 5.41) is 3.13. The minimum atomic E-state index is 0.661. The third-order valence-electron chi connectivity index (χ3n) is 3.02. The standard InChI is InChI=1S/C15H21N3O/c1-3-15-17-8-9-18(15)10-11-19-14-6-4-13(5-7-14)12-16-2/h4-9,16H,3,10-12H2,1-2H3. The van der Waals surface area contributed by atoms with Gasteiger partial charge in [0.05, 0.1) is 6.54 Å². The van der Waals surface area contributed by atoms with Gasteiger partial charge in [0.1, 0.15) is 18.2 Å². The molecule has 0 fully saturated rings. The average Bonchev–Trinajstić information content (AvgIpc) is 2.88. The van der Waals surface area contributed by atoms with Crippen LogP contribution in [-0.2, 0) is 19.5 Å². The van der Waals surface area contributed by atoms with E-state index in [0.29, 0.717) is 6.61 Å². The summed E-state index contributed by atoms with van der Waals surface area (Å²) in [4.78, 5) is 4.29. The highest BCUT2D eigenvalue weighted by atomic mass is 16.5. The van der Waals surface area contributed by atoms with Crippen LogP contribution in [0.1, 0.15) is 18.3 Å². The van der Waals surface area contributed by atoms with Crippen LogP contribution in [0, 0.1) is 0 Å². The zero-order valence-corrected chi connectivity index (χ0v) is 11.6. The Balaban J connectivity index is 1.82. The van der Waals surface area contributed by atoms with E-state index in [4.69, 9.17) is 4.74 Å². The largest absolute Gasteiger partial charge is 0.492 e. The second kappa shape index (κ2) is 6.95. The Morgan fingerprint density at radius 3 is 2.74 bits per heavy atom. The highest BCUT2D eigenvalue weighted by molar-refractivity contribution is 5.27. The third kappa shape index (κ3) is 3.83. The molecule has 0 bridgehead atoms. The van der Waals surface area contributed by atoms with Gasteiger partial charge in [0, 0.05) is 25.4 Å². The van der Waals surface area contributed by atoms with Gasteiger partial charge in [-0.25, -0.2) is 4.98 Å². The van der Waals surface area contributed by atoms with E-state index in [1.165, 1.54) is 5.56 Å². The van der Waals surface area contributed by atoms with Gasteiger partial charge in [-0.05, 0) is 24.7 Å². The van der Waals surface area contributed by atoms with Crippen LogP contribution in [0.3, 0.4) is 0 Å². The van der Waals surface area contributed by atoms with E-state index in [9.17, 15) is 0 Å². The molecule has 19 heavy (non-hydrogen) atoms. The molecular weight excluding hydrogens is 238 g/mol. The van der Waals surface area contributed by atoms with Crippen LogP contribution in [0.2, 0.25) is 0 Å². The predicted molar refractivity (Wildman–Crippen MR) is 76.3 cm³/mol. The van der Waals surface area contributed by atoms with E-state index in [1.807, 2.05) is 31.6 Å². The molecule has 4 heteroatoms. The van der Waals surface area contributed by atoms with Crippen molar-refractivity contribution in [1.82, 2.24) is 14.9 Å². The minimum Gasteiger partial charge on any atom is -0.492 e. The normalized spacial score (nSPS) is 10.6. The van der Waals surface area contributed by atoms with Crippen molar-refractivity contribution in [3.05, 3.63) is 48.0 Å². The molecule has 0 radical (unpaired) electrons. The van der Waals surface area contributed by atoms with Gasteiger partial charge in [0.2, 0.25) is 0 Å². The summed E-state index contributed by atoms with van der Waals surface area (Å²) >= 11 is 0. The molecular formula is C15H21N3O. The molecule has 0 unspecified atom stereocenters. The topological polar surface area (TPSA) is 39.1 Å². The fourth-order valence-corrected chi connectivity index (χ4v) is 2.03. The maximum atomic E-state index is 5.74. The molecule has 2 aromatic rings. The van der Waals surface area contributed by atoms with E-state index in [-0.39, 0.29) is 0 Å². The van der Waals surface area contributed by atoms with Crippen LogP contribution in [0.25, 0.3) is 0 Å². The van der Waals surface area contributed by atoms with E-state index >= 15 is 0 Å². The average molecular weight is 259 g/mol. The van der Waals surface area contributed by atoms with E-state index in [1.54, 1.807) is 0 Å². The molecule has 0 saturated carbocycles. The van der Waals surface area contributed by atoms with Gasteiger partial charge in [0.15, 0.2) is 0 Å². The molecule has 0 aliphatic heterocycles. The van der Waals surface area contributed by atoms with Crippen LogP contribution in [0.15, 0.2) is 36.7 Å². The van der Waals surface area contributed by atoms with Crippen LogP contribution in [0.4, 0.5) is 0 Å². The summed E-state index contributed by atoms with van der Waals surface area (Å²) < 4.78 is 7.88. The third-order valence-corrected chi connectivity index (χ3v) is 3.02. The van der Waals surface area contributed by atoms with Gasteiger partial charge < -0.3 is 14.6 Å². The molecule has 0 saturated heterocycles. The SMILES string of the molecule is CCc1nccn1CCOc1ccc(CNC)cc1. The lowest BCUT2D eigenvalue weighted by Crippen LogP contribution is -2.10. The number of ether oxygens (including phenoxy) is 1. The van der Waals surface area contributed by atoms with Crippen molar-refractivity contribution in [2.24, 2.45) is 0 Å². The number of rotatable bonds is 7. The van der Waals surface area contributed by atoms with Crippen molar-refractivity contribution < 1.29 is 4.74 Å². The van der Waals surface area contributed by atoms with Crippen molar-refractivity contribution >= 4 is 0 Å². The maximum Gasteiger partial charge on any atom is 0.119 e. The van der Waals surface area contributed by atoms with Crippen molar-refractivity contribution in [2.45, 2.75) is 26.4 Å². The Labute approximate surface area is 114 Å². The smallest absolute Gasteiger partial charge is 0.119 e. The second-order valence-electron chi connectivity index (χ2n) is 4.41. The van der Waals surface area contributed by atoms with Gasteiger partial charge in [0.25, 0.3) is 0 Å². The Morgan fingerprint density at radius 1 is 1.26 bits per heavy atom. The van der Waals surface area contributed by atoms with Gasteiger partial charge >= 0.3 is 0 Å². The number of imidazole rings is 1. The van der Waals surface area contributed by atoms with E-state index < -0.39 is 0 Å². The molecule has 0 aliphatic rings. The van der Waals surface area contributed by atoms with Crippen molar-refractivity contribution in [1.29, 1.82) is 0 Å². The lowest BCUT2D eigenvalue weighted by molar-refractivity contribution is 0.296. The van der Waals surface area contributed by atoms with Crippen LogP contribution < -0.4 is 10.1 Å². The first-order valence-corrected chi connectivity index (χ1v) is 6.70. The number of hydrogen-bond donors (Lipinski definition) is 1. The summed E-state index contributed by atoms with van der Waals surface area (Å²) in [6, 6.07) is 8.20. The lowest BCUT2D eigenvalue weighted by Gasteiger charge is -2.09. The van der Waals surface area contributed by atoms with Crippen LogP contribution in [0.5, 0.6) is 5.75 Å². The number of aryl methyl sites for hydroxylation is 1. The van der Waals surface area contributed by atoms with Crippen molar-refractivity contribution in [2.75, 3.05) is 13.7 Å². The Bertz CT molecular complexity index is 490. The highest BCUT2D eigenvalue weighted by Gasteiger charge is 2.00. The van der Waals surface area contributed by atoms with E-state index in [0.717, 1.165) is 31.1 Å². The van der Waals surface area contributed by atoms with Crippen molar-refractivity contribution in [3.63, 3.8) is 0 Å². The molecule has 1 aromatic heterocycles. The Kier molecular flexibility index (Phi) is 4.98. The Hall–Kier alpha value is -1.81. The molecule has 0 aliphatic carbocycles. The summed E-state index contributed by atoms with van der Waals surface area (Å²) in [6.45, 7) is 4.49.